The number of hydrazine groups is 1. The van der Waals surface area contributed by atoms with Crippen LogP contribution in [-0.4, -0.2) is 70.7 Å². The number of nitrogens with zero attached hydrogens (tertiary/aromatic N) is 2. The first-order valence-electron chi connectivity index (χ1n) is 6.83. The van der Waals surface area contributed by atoms with Gasteiger partial charge in [-0.1, -0.05) is 6.92 Å². The number of nitrogens with one attached hydrogen (secondary N) is 2. The van der Waals surface area contributed by atoms with Gasteiger partial charge in [0.2, 0.25) is 0 Å². The van der Waals surface area contributed by atoms with Gasteiger partial charge in [0.05, 0.1) is 13.2 Å². The van der Waals surface area contributed by atoms with Crippen molar-refractivity contribution in [3.63, 3.8) is 0 Å². The predicted octanol–water partition coefficient (Wildman–Crippen LogP) is -0.610. The zero-order valence-electron chi connectivity index (χ0n) is 11.9. The summed E-state index contributed by atoms with van der Waals surface area (Å²) in [6.07, 6.45) is 1.90. The zero-order chi connectivity index (χ0) is 14.1. The summed E-state index contributed by atoms with van der Waals surface area (Å²) in [6.45, 7) is 6.73. The third kappa shape index (κ3) is 6.64. The van der Waals surface area contributed by atoms with E-state index in [1.807, 2.05) is 0 Å². The van der Waals surface area contributed by atoms with Crippen molar-refractivity contribution in [3.8, 4) is 0 Å². The standard InChI is InChI=1S/C11H26N4O3S/c1-3-5-12-6-4-7-14(2)19(16,17)13-15-8-10-18-11-9-15/h12-13H,3-11H2,1-2H3. The lowest BCUT2D eigenvalue weighted by molar-refractivity contribution is 0.0263. The van der Waals surface area contributed by atoms with Gasteiger partial charge in [-0.25, -0.2) is 5.01 Å². The molecule has 0 atom stereocenters. The van der Waals surface area contributed by atoms with Gasteiger partial charge in [-0.15, -0.1) is 4.83 Å². The van der Waals surface area contributed by atoms with Crippen molar-refractivity contribution < 1.29 is 13.2 Å². The van der Waals surface area contributed by atoms with Gasteiger partial charge in [0.15, 0.2) is 0 Å². The predicted molar refractivity (Wildman–Crippen MR) is 74.9 cm³/mol. The van der Waals surface area contributed by atoms with Crippen LogP contribution in [-0.2, 0) is 14.9 Å². The Morgan fingerprint density at radius 3 is 2.58 bits per heavy atom. The fourth-order valence-electron chi connectivity index (χ4n) is 1.74. The van der Waals surface area contributed by atoms with Crippen LogP contribution >= 0.6 is 0 Å². The van der Waals surface area contributed by atoms with Crippen molar-refractivity contribution in [3.05, 3.63) is 0 Å². The highest BCUT2D eigenvalue weighted by Gasteiger charge is 2.21. The number of ether oxygens (including phenoxy) is 1. The largest absolute Gasteiger partial charge is 0.379 e. The maximum atomic E-state index is 12.0. The summed E-state index contributed by atoms with van der Waals surface area (Å²) < 4.78 is 30.6. The Labute approximate surface area is 116 Å². The third-order valence-electron chi connectivity index (χ3n) is 2.92. The fourth-order valence-corrected chi connectivity index (χ4v) is 2.75. The van der Waals surface area contributed by atoms with Crippen molar-refractivity contribution >= 4 is 10.2 Å². The van der Waals surface area contributed by atoms with Crippen LogP contribution in [0.25, 0.3) is 0 Å². The number of hydrogen-bond donors (Lipinski definition) is 2. The molecule has 0 unspecified atom stereocenters. The van der Waals surface area contributed by atoms with E-state index in [0.29, 0.717) is 32.8 Å². The molecule has 1 fully saturated rings. The topological polar surface area (TPSA) is 73.9 Å². The Bertz CT molecular complexity index is 331. The van der Waals surface area contributed by atoms with E-state index < -0.39 is 10.2 Å². The van der Waals surface area contributed by atoms with Crippen molar-refractivity contribution in [2.75, 3.05) is 53.0 Å². The molecule has 1 heterocycles. The molecule has 0 aromatic heterocycles. The zero-order valence-corrected chi connectivity index (χ0v) is 12.7. The quantitative estimate of drug-likeness (QED) is 0.555. The normalized spacial score (nSPS) is 18.1. The van der Waals surface area contributed by atoms with Gasteiger partial charge in [-0.05, 0) is 25.9 Å². The molecule has 114 valence electrons. The lowest BCUT2D eigenvalue weighted by atomic mass is 10.4. The van der Waals surface area contributed by atoms with Crippen LogP contribution in [0.15, 0.2) is 0 Å². The summed E-state index contributed by atoms with van der Waals surface area (Å²) in [7, 11) is -1.83. The highest BCUT2D eigenvalue weighted by molar-refractivity contribution is 7.87. The fraction of sp³-hybridized carbons (Fsp3) is 1.00. The molecule has 19 heavy (non-hydrogen) atoms. The molecule has 7 nitrogen and oxygen atoms in total. The van der Waals surface area contributed by atoms with E-state index in [0.717, 1.165) is 25.9 Å². The Morgan fingerprint density at radius 2 is 1.95 bits per heavy atom. The van der Waals surface area contributed by atoms with Crippen LogP contribution in [0.4, 0.5) is 0 Å². The van der Waals surface area contributed by atoms with E-state index in [-0.39, 0.29) is 0 Å². The first-order chi connectivity index (χ1) is 9.06. The van der Waals surface area contributed by atoms with Gasteiger partial charge in [-0.2, -0.15) is 12.7 Å². The van der Waals surface area contributed by atoms with Gasteiger partial charge < -0.3 is 10.1 Å². The maximum absolute atomic E-state index is 12.0. The average molecular weight is 294 g/mol. The molecule has 0 aliphatic carbocycles. The smallest absolute Gasteiger partial charge is 0.292 e. The molecule has 1 aliphatic rings. The van der Waals surface area contributed by atoms with Crippen LogP contribution in [0.3, 0.4) is 0 Å². The van der Waals surface area contributed by atoms with Gasteiger partial charge in [0.1, 0.15) is 0 Å². The lowest BCUT2D eigenvalue weighted by Gasteiger charge is -2.29. The first-order valence-corrected chi connectivity index (χ1v) is 8.27. The van der Waals surface area contributed by atoms with Crippen molar-refractivity contribution in [1.82, 2.24) is 19.5 Å². The van der Waals surface area contributed by atoms with Gasteiger partial charge >= 0.3 is 0 Å². The van der Waals surface area contributed by atoms with Gasteiger partial charge in [-0.3, -0.25) is 0 Å². The van der Waals surface area contributed by atoms with Crippen molar-refractivity contribution in [1.29, 1.82) is 0 Å². The molecule has 0 aromatic rings. The minimum atomic E-state index is -3.43. The molecule has 8 heteroatoms. The maximum Gasteiger partial charge on any atom is 0.292 e. The summed E-state index contributed by atoms with van der Waals surface area (Å²) in [5, 5.41) is 4.94. The van der Waals surface area contributed by atoms with E-state index in [9.17, 15) is 8.42 Å². The summed E-state index contributed by atoms with van der Waals surface area (Å²) in [5.41, 5.74) is 0. The highest BCUT2D eigenvalue weighted by atomic mass is 32.2. The molecule has 0 spiro atoms. The van der Waals surface area contributed by atoms with Crippen molar-refractivity contribution in [2.45, 2.75) is 19.8 Å². The Morgan fingerprint density at radius 1 is 1.26 bits per heavy atom. The second-order valence-electron chi connectivity index (χ2n) is 4.62. The second-order valence-corrected chi connectivity index (χ2v) is 6.38. The Hall–Kier alpha value is -0.250. The highest BCUT2D eigenvalue weighted by Crippen LogP contribution is 2.00. The van der Waals surface area contributed by atoms with Crippen LogP contribution < -0.4 is 10.1 Å². The molecule has 0 amide bonds. The van der Waals surface area contributed by atoms with Crippen molar-refractivity contribution in [2.24, 2.45) is 0 Å². The molecule has 0 radical (unpaired) electrons. The summed E-state index contributed by atoms with van der Waals surface area (Å²) >= 11 is 0. The molecule has 1 aliphatic heterocycles. The average Bonchev–Trinajstić information content (AvgIpc) is 2.39. The third-order valence-corrected chi connectivity index (χ3v) is 4.41. The first kappa shape index (κ1) is 16.8. The molecule has 0 aromatic carbocycles. The van der Waals surface area contributed by atoms with Crippen LogP contribution in [0.2, 0.25) is 0 Å². The van der Waals surface area contributed by atoms with E-state index in [4.69, 9.17) is 4.74 Å². The summed E-state index contributed by atoms with van der Waals surface area (Å²) in [5.74, 6) is 0. The molecule has 0 bridgehead atoms. The molecule has 1 saturated heterocycles. The monoisotopic (exact) mass is 294 g/mol. The van der Waals surface area contributed by atoms with Crippen LogP contribution in [0.1, 0.15) is 19.8 Å². The molecule has 2 N–H and O–H groups in total. The lowest BCUT2D eigenvalue weighted by Crippen LogP contribution is -2.52. The number of morpholine rings is 1. The molecular weight excluding hydrogens is 268 g/mol. The summed E-state index contributed by atoms with van der Waals surface area (Å²) in [4.78, 5) is 2.58. The molecular formula is C11H26N4O3S. The minimum absolute atomic E-state index is 0.510. The Balaban J connectivity index is 2.26. The van der Waals surface area contributed by atoms with E-state index in [1.54, 1.807) is 12.1 Å². The number of hydrogen-bond acceptors (Lipinski definition) is 5. The Kier molecular flexibility index (Phi) is 7.81. The summed E-state index contributed by atoms with van der Waals surface area (Å²) in [6, 6.07) is 0. The van der Waals surface area contributed by atoms with Crippen LogP contribution in [0, 0.1) is 0 Å². The molecule has 1 rings (SSSR count). The van der Waals surface area contributed by atoms with E-state index >= 15 is 0 Å². The van der Waals surface area contributed by atoms with Gasteiger partial charge in [0, 0.05) is 26.7 Å². The van der Waals surface area contributed by atoms with E-state index in [1.165, 1.54) is 4.31 Å². The van der Waals surface area contributed by atoms with E-state index in [2.05, 4.69) is 17.1 Å². The minimum Gasteiger partial charge on any atom is -0.379 e. The van der Waals surface area contributed by atoms with Crippen LogP contribution in [0.5, 0.6) is 0 Å². The van der Waals surface area contributed by atoms with Gasteiger partial charge in [0.25, 0.3) is 10.2 Å². The number of rotatable bonds is 9. The SMILES string of the molecule is CCCNCCCN(C)S(=O)(=O)NN1CCOCC1. The molecule has 0 saturated carbocycles. The second kappa shape index (κ2) is 8.83.